The number of imidazole rings is 1. The number of rotatable bonds is 6. The second-order valence-corrected chi connectivity index (χ2v) is 6.30. The van der Waals surface area contributed by atoms with Crippen LogP contribution in [0, 0.1) is 0 Å². The smallest absolute Gasteiger partial charge is 0.191 e. The molecule has 0 aromatic carbocycles. The van der Waals surface area contributed by atoms with Crippen molar-refractivity contribution < 1.29 is 0 Å². The molecule has 0 spiro atoms. The first-order chi connectivity index (χ1) is 9.81. The molecule has 1 fully saturated rings. The summed E-state index contributed by atoms with van der Waals surface area (Å²) in [6, 6.07) is 0.576. The standard InChI is InChI=1S/C14H25N5S.HI/c1-15-14(18-12-4-5-13(10-12)20-2)17-6-3-8-19-9-7-16-11-19;/h7,9,11-13H,3-6,8,10H2,1-2H3,(H2,15,17,18);1H. The molecule has 1 aliphatic carbocycles. The number of nitrogens with zero attached hydrogens (tertiary/aromatic N) is 3. The summed E-state index contributed by atoms with van der Waals surface area (Å²) in [4.78, 5) is 8.35. The number of aryl methyl sites for hydroxylation is 1. The summed E-state index contributed by atoms with van der Waals surface area (Å²) in [6.07, 6.45) is 12.7. The fraction of sp³-hybridized carbons (Fsp3) is 0.714. The maximum absolute atomic E-state index is 4.31. The quantitative estimate of drug-likeness (QED) is 0.319. The van der Waals surface area contributed by atoms with Crippen LogP contribution >= 0.6 is 35.7 Å². The molecule has 5 nitrogen and oxygen atoms in total. The molecule has 1 aliphatic rings. The van der Waals surface area contributed by atoms with E-state index in [2.05, 4.69) is 31.4 Å². The maximum atomic E-state index is 4.31. The van der Waals surface area contributed by atoms with Gasteiger partial charge < -0.3 is 15.2 Å². The molecule has 2 N–H and O–H groups in total. The minimum absolute atomic E-state index is 0. The average Bonchev–Trinajstić information content (AvgIpc) is 3.13. The van der Waals surface area contributed by atoms with E-state index in [1.807, 2.05) is 37.5 Å². The molecule has 0 amide bonds. The summed E-state index contributed by atoms with van der Waals surface area (Å²) in [5.74, 6) is 0.933. The van der Waals surface area contributed by atoms with Gasteiger partial charge in [-0.15, -0.1) is 24.0 Å². The number of hydrogen-bond acceptors (Lipinski definition) is 3. The van der Waals surface area contributed by atoms with Crippen LogP contribution in [0.3, 0.4) is 0 Å². The molecular weight excluding hydrogens is 397 g/mol. The number of thioether (sulfide) groups is 1. The maximum Gasteiger partial charge on any atom is 0.191 e. The van der Waals surface area contributed by atoms with Gasteiger partial charge in [0.25, 0.3) is 0 Å². The summed E-state index contributed by atoms with van der Waals surface area (Å²) in [5.41, 5.74) is 0. The second kappa shape index (κ2) is 10.3. The van der Waals surface area contributed by atoms with Crippen LogP contribution in [0.1, 0.15) is 25.7 Å². The third-order valence-corrected chi connectivity index (χ3v) is 4.82. The van der Waals surface area contributed by atoms with Crippen LogP contribution in [0.4, 0.5) is 0 Å². The Balaban J connectivity index is 0.00000220. The topological polar surface area (TPSA) is 54.2 Å². The Morgan fingerprint density at radius 3 is 2.95 bits per heavy atom. The SMILES string of the molecule is CN=C(NCCCn1ccnc1)NC1CCC(SC)C1.I. The Labute approximate surface area is 148 Å². The molecule has 1 saturated carbocycles. The molecule has 7 heteroatoms. The lowest BCUT2D eigenvalue weighted by atomic mass is 10.2. The van der Waals surface area contributed by atoms with Crippen molar-refractivity contribution in [2.45, 2.75) is 43.5 Å². The third-order valence-electron chi connectivity index (χ3n) is 3.73. The Hall–Kier alpha value is -0.440. The van der Waals surface area contributed by atoms with E-state index in [1.54, 1.807) is 0 Å². The minimum Gasteiger partial charge on any atom is -0.356 e. The van der Waals surface area contributed by atoms with Gasteiger partial charge in [0, 0.05) is 43.8 Å². The van der Waals surface area contributed by atoms with Gasteiger partial charge in [-0.05, 0) is 31.9 Å². The van der Waals surface area contributed by atoms with E-state index < -0.39 is 0 Å². The van der Waals surface area contributed by atoms with E-state index in [-0.39, 0.29) is 24.0 Å². The summed E-state index contributed by atoms with van der Waals surface area (Å²) >= 11 is 1.98. The molecule has 1 heterocycles. The molecule has 2 rings (SSSR count). The van der Waals surface area contributed by atoms with Gasteiger partial charge in [0.15, 0.2) is 5.96 Å². The van der Waals surface area contributed by atoms with Crippen LogP contribution in [0.2, 0.25) is 0 Å². The highest BCUT2D eigenvalue weighted by atomic mass is 127. The van der Waals surface area contributed by atoms with Gasteiger partial charge in [-0.25, -0.2) is 4.98 Å². The average molecular weight is 423 g/mol. The van der Waals surface area contributed by atoms with E-state index in [1.165, 1.54) is 19.3 Å². The lowest BCUT2D eigenvalue weighted by molar-refractivity contribution is 0.595. The Kier molecular flexibility index (Phi) is 9.14. The molecule has 0 aliphatic heterocycles. The molecule has 2 unspecified atom stereocenters. The minimum atomic E-state index is 0. The molecule has 2 atom stereocenters. The lowest BCUT2D eigenvalue weighted by Crippen LogP contribution is -2.43. The predicted molar refractivity (Wildman–Crippen MR) is 102 cm³/mol. The number of nitrogens with one attached hydrogen (secondary N) is 2. The van der Waals surface area contributed by atoms with Gasteiger partial charge >= 0.3 is 0 Å². The van der Waals surface area contributed by atoms with Crippen molar-refractivity contribution in [2.75, 3.05) is 19.8 Å². The van der Waals surface area contributed by atoms with Crippen molar-refractivity contribution in [2.24, 2.45) is 4.99 Å². The van der Waals surface area contributed by atoms with Crippen molar-refractivity contribution >= 4 is 41.7 Å². The van der Waals surface area contributed by atoms with Crippen molar-refractivity contribution in [1.29, 1.82) is 0 Å². The third kappa shape index (κ3) is 6.46. The molecule has 0 radical (unpaired) electrons. The van der Waals surface area contributed by atoms with Gasteiger partial charge in [-0.2, -0.15) is 11.8 Å². The van der Waals surface area contributed by atoms with Crippen molar-refractivity contribution in [3.05, 3.63) is 18.7 Å². The van der Waals surface area contributed by atoms with Crippen LogP contribution < -0.4 is 10.6 Å². The first kappa shape index (κ1) is 18.6. The Bertz CT molecular complexity index is 410. The molecule has 21 heavy (non-hydrogen) atoms. The predicted octanol–water partition coefficient (Wildman–Crippen LogP) is 2.34. The monoisotopic (exact) mass is 423 g/mol. The molecule has 1 aromatic rings. The first-order valence-electron chi connectivity index (χ1n) is 7.27. The molecule has 120 valence electrons. The summed E-state index contributed by atoms with van der Waals surface area (Å²) in [6.45, 7) is 1.92. The highest BCUT2D eigenvalue weighted by Gasteiger charge is 2.24. The second-order valence-electron chi connectivity index (χ2n) is 5.17. The number of aromatic nitrogens is 2. The zero-order valence-electron chi connectivity index (χ0n) is 12.8. The molecule has 0 saturated heterocycles. The summed E-state index contributed by atoms with van der Waals surface area (Å²) in [7, 11) is 1.84. The molecule has 1 aromatic heterocycles. The van der Waals surface area contributed by atoms with Crippen LogP contribution in [-0.4, -0.2) is 46.7 Å². The zero-order chi connectivity index (χ0) is 14.2. The van der Waals surface area contributed by atoms with E-state index in [0.29, 0.717) is 6.04 Å². The van der Waals surface area contributed by atoms with Gasteiger partial charge in [0.05, 0.1) is 6.33 Å². The van der Waals surface area contributed by atoms with Gasteiger partial charge in [0.2, 0.25) is 0 Å². The highest BCUT2D eigenvalue weighted by molar-refractivity contribution is 14.0. The van der Waals surface area contributed by atoms with Crippen molar-refractivity contribution in [3.8, 4) is 0 Å². The van der Waals surface area contributed by atoms with E-state index in [9.17, 15) is 0 Å². The van der Waals surface area contributed by atoms with Gasteiger partial charge in [-0.3, -0.25) is 4.99 Å². The fourth-order valence-electron chi connectivity index (χ4n) is 2.56. The Morgan fingerprint density at radius 2 is 2.33 bits per heavy atom. The van der Waals surface area contributed by atoms with E-state index >= 15 is 0 Å². The number of halogens is 1. The zero-order valence-corrected chi connectivity index (χ0v) is 15.9. The fourth-order valence-corrected chi connectivity index (χ4v) is 3.36. The normalized spacial score (nSPS) is 21.9. The number of aliphatic imine (C=N–C) groups is 1. The van der Waals surface area contributed by atoms with Gasteiger partial charge in [-0.1, -0.05) is 0 Å². The summed E-state index contributed by atoms with van der Waals surface area (Å²) < 4.78 is 2.10. The number of guanidine groups is 1. The van der Waals surface area contributed by atoms with Gasteiger partial charge in [0.1, 0.15) is 0 Å². The van der Waals surface area contributed by atoms with Crippen LogP contribution in [0.5, 0.6) is 0 Å². The van der Waals surface area contributed by atoms with Crippen molar-refractivity contribution in [1.82, 2.24) is 20.2 Å². The Morgan fingerprint density at radius 1 is 1.48 bits per heavy atom. The first-order valence-corrected chi connectivity index (χ1v) is 8.56. The van der Waals surface area contributed by atoms with E-state index in [4.69, 9.17) is 0 Å². The van der Waals surface area contributed by atoms with Crippen LogP contribution in [0.25, 0.3) is 0 Å². The highest BCUT2D eigenvalue weighted by Crippen LogP contribution is 2.27. The van der Waals surface area contributed by atoms with Crippen molar-refractivity contribution in [3.63, 3.8) is 0 Å². The van der Waals surface area contributed by atoms with E-state index in [0.717, 1.165) is 30.7 Å². The van der Waals surface area contributed by atoms with Crippen LogP contribution in [0.15, 0.2) is 23.7 Å². The molecular formula is C14H26IN5S. The largest absolute Gasteiger partial charge is 0.356 e. The summed E-state index contributed by atoms with van der Waals surface area (Å²) in [5, 5.41) is 7.73. The van der Waals surface area contributed by atoms with Crippen LogP contribution in [-0.2, 0) is 6.54 Å². The molecule has 0 bridgehead atoms. The lowest BCUT2D eigenvalue weighted by Gasteiger charge is -2.17. The number of hydrogen-bond donors (Lipinski definition) is 2.